The molecule has 72 heavy (non-hydrogen) atoms. The maximum Gasteiger partial charge on any atom is 0.335 e. The number of carboxylic acids is 4. The first-order valence-corrected chi connectivity index (χ1v) is 26.2. The maximum absolute atomic E-state index is 10.7. The van der Waals surface area contributed by atoms with Crippen LogP contribution in [0, 0.1) is 0 Å². The first-order valence-electron chi connectivity index (χ1n) is 21.9. The van der Waals surface area contributed by atoms with Crippen molar-refractivity contribution >= 4 is 82.5 Å². The van der Waals surface area contributed by atoms with Crippen LogP contribution in [0.15, 0.2) is 220 Å². The van der Waals surface area contributed by atoms with Gasteiger partial charge in [0.25, 0.3) is 0 Å². The highest BCUT2D eigenvalue weighted by atomic mass is 35.5. The van der Waals surface area contributed by atoms with E-state index in [1.54, 1.807) is 108 Å². The third kappa shape index (κ3) is 20.3. The van der Waals surface area contributed by atoms with Gasteiger partial charge in [0, 0.05) is 47.6 Å². The van der Waals surface area contributed by atoms with Gasteiger partial charge in [-0.1, -0.05) is 115 Å². The fourth-order valence-corrected chi connectivity index (χ4v) is 9.69. The molecule has 8 rings (SSSR count). The fourth-order valence-electron chi connectivity index (χ4n) is 6.02. The third-order valence-corrected chi connectivity index (χ3v) is 14.6. The number of aromatic carboxylic acids is 3. The smallest absolute Gasteiger partial charge is 0.335 e. The Labute approximate surface area is 439 Å². The summed E-state index contributed by atoms with van der Waals surface area (Å²) < 4.78 is 0. The molecule has 368 valence electrons. The first kappa shape index (κ1) is 55.9. The van der Waals surface area contributed by atoms with Crippen LogP contribution in [-0.4, -0.2) is 54.5 Å². The Morgan fingerprint density at radius 1 is 0.347 bits per heavy atom. The number of rotatable bonds is 17. The Bertz CT molecular complexity index is 2960. The zero-order chi connectivity index (χ0) is 51.7. The molecule has 0 saturated heterocycles. The minimum atomic E-state index is -0.921. The predicted octanol–water partition coefficient (Wildman–Crippen LogP) is 14.7. The molecule has 15 heteroatoms. The molecule has 8 aromatic rings. The zero-order valence-electron chi connectivity index (χ0n) is 38.4. The van der Waals surface area contributed by atoms with Gasteiger partial charge in [-0.05, 0) is 125 Å². The minimum Gasteiger partial charge on any atom is -0.507 e. The van der Waals surface area contributed by atoms with E-state index >= 15 is 0 Å². The number of para-hydroxylation sites is 2. The maximum atomic E-state index is 10.7. The Kier molecular flexibility index (Phi) is 23.2. The van der Waals surface area contributed by atoms with Gasteiger partial charge in [0.15, 0.2) is 0 Å². The van der Waals surface area contributed by atoms with Crippen LogP contribution < -0.4 is 0 Å². The molecule has 8 aromatic carbocycles. The van der Waals surface area contributed by atoms with E-state index in [2.05, 4.69) is 12.1 Å². The van der Waals surface area contributed by atoms with E-state index in [1.165, 1.54) is 16.7 Å². The minimum absolute atomic E-state index is 0.0485. The van der Waals surface area contributed by atoms with Crippen molar-refractivity contribution < 1.29 is 49.8 Å². The second kappa shape index (κ2) is 30.0. The number of carboxylic acid groups (broad SMARTS) is 4. The van der Waals surface area contributed by atoms with Gasteiger partial charge in [0.05, 0.1) is 23.1 Å². The van der Waals surface area contributed by atoms with Gasteiger partial charge >= 0.3 is 23.9 Å². The summed E-state index contributed by atoms with van der Waals surface area (Å²) in [7, 11) is 0. The second-order valence-electron chi connectivity index (χ2n) is 15.3. The number of aromatic hydroxyl groups is 2. The number of hydrogen-bond acceptors (Lipinski definition) is 10. The van der Waals surface area contributed by atoms with Crippen molar-refractivity contribution in [3.8, 4) is 11.5 Å². The van der Waals surface area contributed by atoms with Crippen molar-refractivity contribution in [1.82, 2.24) is 0 Å². The lowest BCUT2D eigenvalue weighted by atomic mass is 10.1. The molecule has 0 atom stereocenters. The topological polar surface area (TPSA) is 190 Å². The average molecular weight is 1060 g/mol. The Hall–Kier alpha value is -7.07. The van der Waals surface area contributed by atoms with E-state index in [4.69, 9.17) is 32.0 Å². The summed E-state index contributed by atoms with van der Waals surface area (Å²) in [6.45, 7) is 0. The van der Waals surface area contributed by atoms with Gasteiger partial charge in [-0.2, -0.15) is 0 Å². The average Bonchev–Trinajstić information content (AvgIpc) is 3.39. The van der Waals surface area contributed by atoms with Gasteiger partial charge in [0.1, 0.15) is 11.5 Å². The molecular weight excluding hydrogens is 1010 g/mol. The lowest BCUT2D eigenvalue weighted by Gasteiger charge is -2.05. The molecule has 0 aliphatic carbocycles. The Balaban J connectivity index is 0.000000178. The van der Waals surface area contributed by atoms with E-state index < -0.39 is 23.9 Å². The number of thioether (sulfide) groups is 4. The van der Waals surface area contributed by atoms with Crippen LogP contribution >= 0.6 is 58.6 Å². The molecule has 0 heterocycles. The largest absolute Gasteiger partial charge is 0.507 e. The van der Waals surface area contributed by atoms with Crippen molar-refractivity contribution in [1.29, 1.82) is 0 Å². The Morgan fingerprint density at radius 3 is 1.00 bits per heavy atom. The van der Waals surface area contributed by atoms with Crippen LogP contribution in [0.5, 0.6) is 11.5 Å². The number of carbonyl (C=O) groups is 4. The number of benzene rings is 8. The van der Waals surface area contributed by atoms with Crippen molar-refractivity contribution in [2.24, 2.45) is 0 Å². The van der Waals surface area contributed by atoms with Crippen LogP contribution in [0.4, 0.5) is 0 Å². The lowest BCUT2D eigenvalue weighted by molar-refractivity contribution is -0.136. The zero-order valence-corrected chi connectivity index (χ0v) is 42.4. The molecule has 0 unspecified atom stereocenters. The quantitative estimate of drug-likeness (QED) is 0.0472. The summed E-state index contributed by atoms with van der Waals surface area (Å²) in [5, 5.41) is 55.0. The summed E-state index contributed by atoms with van der Waals surface area (Å²) in [6, 6.07) is 60.4. The number of aliphatic carboxylic acids is 1. The second-order valence-corrected chi connectivity index (χ2v) is 19.8. The molecule has 6 N–H and O–H groups in total. The summed E-state index contributed by atoms with van der Waals surface area (Å²) >= 11 is 12.3. The van der Waals surface area contributed by atoms with Crippen molar-refractivity contribution in [2.75, 3.05) is 0 Å². The van der Waals surface area contributed by atoms with Gasteiger partial charge < -0.3 is 30.6 Å². The fraction of sp³-hybridized carbons (Fsp3) is 0.0877. The van der Waals surface area contributed by atoms with Crippen LogP contribution in [0.1, 0.15) is 58.9 Å². The number of phenols is 2. The molecule has 0 bridgehead atoms. The number of phenolic OH excluding ortho intramolecular Hbond substituents is 2. The van der Waals surface area contributed by atoms with E-state index in [9.17, 15) is 29.4 Å². The summed E-state index contributed by atoms with van der Waals surface area (Å²) in [5.41, 5.74) is 6.07. The van der Waals surface area contributed by atoms with Crippen LogP contribution in [0.3, 0.4) is 0 Å². The van der Waals surface area contributed by atoms with Crippen molar-refractivity contribution in [3.63, 3.8) is 0 Å². The van der Waals surface area contributed by atoms with Gasteiger partial charge in [-0.25, -0.2) is 14.4 Å². The van der Waals surface area contributed by atoms with Gasteiger partial charge in [-0.3, -0.25) is 4.79 Å². The molecule has 0 aromatic heterocycles. The first-order chi connectivity index (χ1) is 34.7. The van der Waals surface area contributed by atoms with E-state index in [0.717, 1.165) is 64.8 Å². The van der Waals surface area contributed by atoms with Crippen molar-refractivity contribution in [3.05, 3.63) is 250 Å². The molecule has 0 saturated carbocycles. The standard InChI is InChI=1S/C15H14O3S.C14H11ClO2S.C14H12O3S.C14H12O2S/c16-13-3-1-2-4-14(13)19-10-12-7-5-11(6-8-12)9-15(17)18;15-12-5-7-13(8-6-12)18-9-10-1-3-11(4-2-10)14(16)17;15-12-3-1-2-4-13(12)18-9-10-5-7-11(8-6-10)14(16)17;15-14(16)12-8-6-11(7-9-12)10-17-13-4-2-1-3-5-13/h1-8,16H,9-10H2,(H,17,18);1-8H,9H2,(H,16,17);1-8,15H,9H2,(H,16,17);1-9H,10H2,(H,15,16). The molecule has 10 nitrogen and oxygen atoms in total. The van der Waals surface area contributed by atoms with Gasteiger partial charge in [0.2, 0.25) is 0 Å². The van der Waals surface area contributed by atoms with E-state index in [-0.39, 0.29) is 23.5 Å². The predicted molar refractivity (Wildman–Crippen MR) is 290 cm³/mol. The van der Waals surface area contributed by atoms with E-state index in [1.807, 2.05) is 115 Å². The molecule has 0 amide bonds. The molecular formula is C57H49ClO10S4. The third-order valence-electron chi connectivity index (χ3n) is 9.87. The summed E-state index contributed by atoms with van der Waals surface area (Å²) in [6.07, 6.45) is 0.0485. The van der Waals surface area contributed by atoms with Crippen LogP contribution in [0.25, 0.3) is 0 Å². The number of hydrogen-bond donors (Lipinski definition) is 6. The normalized spacial score (nSPS) is 10.2. The van der Waals surface area contributed by atoms with E-state index in [0.29, 0.717) is 16.9 Å². The van der Waals surface area contributed by atoms with Crippen LogP contribution in [0.2, 0.25) is 5.02 Å². The molecule has 0 aliphatic heterocycles. The monoisotopic (exact) mass is 1060 g/mol. The Morgan fingerprint density at radius 2 is 0.653 bits per heavy atom. The molecule has 0 aliphatic rings. The SMILES string of the molecule is O=C(O)Cc1ccc(CSc2ccccc2O)cc1.O=C(O)c1ccc(CSc2ccc(Cl)cc2)cc1.O=C(O)c1ccc(CSc2ccccc2)cc1.O=C(O)c1ccc(CSc2ccccc2O)cc1. The molecule has 0 radical (unpaired) electrons. The number of halogens is 1. The molecule has 0 spiro atoms. The summed E-state index contributed by atoms with van der Waals surface area (Å²) in [5.74, 6) is 0.124. The molecule has 0 fully saturated rings. The van der Waals surface area contributed by atoms with Crippen LogP contribution in [-0.2, 0) is 34.2 Å². The highest BCUT2D eigenvalue weighted by Gasteiger charge is 2.07. The summed E-state index contributed by atoms with van der Waals surface area (Å²) in [4.78, 5) is 46.7. The lowest BCUT2D eigenvalue weighted by Crippen LogP contribution is -1.99. The highest BCUT2D eigenvalue weighted by Crippen LogP contribution is 2.32. The van der Waals surface area contributed by atoms with Crippen molar-refractivity contribution in [2.45, 2.75) is 49.0 Å². The highest BCUT2D eigenvalue weighted by molar-refractivity contribution is 7.99. The van der Waals surface area contributed by atoms with Gasteiger partial charge in [-0.15, -0.1) is 47.0 Å².